The van der Waals surface area contributed by atoms with Crippen LogP contribution in [0.5, 0.6) is 0 Å². The lowest BCUT2D eigenvalue weighted by atomic mass is 10.1. The molecule has 0 aliphatic rings. The van der Waals surface area contributed by atoms with Crippen molar-refractivity contribution in [1.29, 1.82) is 0 Å². The van der Waals surface area contributed by atoms with E-state index in [0.717, 1.165) is 15.6 Å². The summed E-state index contributed by atoms with van der Waals surface area (Å²) in [6.07, 6.45) is 1.69. The van der Waals surface area contributed by atoms with Crippen LogP contribution in [0, 0.1) is 0 Å². The van der Waals surface area contributed by atoms with Crippen LogP contribution in [0.15, 0.2) is 58.1 Å². The number of hydrogen-bond donors (Lipinski definition) is 1. The van der Waals surface area contributed by atoms with Crippen LogP contribution in [0.1, 0.15) is 24.5 Å². The van der Waals surface area contributed by atoms with Crippen molar-refractivity contribution in [2.75, 3.05) is 6.61 Å². The van der Waals surface area contributed by atoms with Gasteiger partial charge in [0.2, 0.25) is 5.91 Å². The number of benzene rings is 2. The number of aromatic nitrogens is 2. The Morgan fingerprint density at radius 3 is 2.79 bits per heavy atom. The number of nitrogens with one attached hydrogen (secondary N) is 1. The van der Waals surface area contributed by atoms with Gasteiger partial charge in [0.05, 0.1) is 23.8 Å². The molecule has 3 aromatic rings. The zero-order valence-corrected chi connectivity index (χ0v) is 17.2. The minimum Gasteiger partial charge on any atom is -0.377 e. The van der Waals surface area contributed by atoms with E-state index in [0.29, 0.717) is 30.7 Å². The highest BCUT2D eigenvalue weighted by molar-refractivity contribution is 9.10. The fraction of sp³-hybridized carbons (Fsp3) is 0.286. The van der Waals surface area contributed by atoms with Gasteiger partial charge in [-0.15, -0.1) is 0 Å². The Bertz CT molecular complexity index is 1030. The molecule has 0 atom stereocenters. The number of aryl methyl sites for hydroxylation is 1. The predicted octanol–water partition coefficient (Wildman–Crippen LogP) is 3.40. The van der Waals surface area contributed by atoms with E-state index in [2.05, 4.69) is 26.2 Å². The van der Waals surface area contributed by atoms with Crippen molar-refractivity contribution in [3.05, 3.63) is 74.7 Å². The van der Waals surface area contributed by atoms with Crippen LogP contribution in [-0.4, -0.2) is 22.1 Å². The molecule has 146 valence electrons. The summed E-state index contributed by atoms with van der Waals surface area (Å²) in [5, 5.41) is 3.44. The smallest absolute Gasteiger partial charge is 0.261 e. The van der Waals surface area contributed by atoms with E-state index in [1.807, 2.05) is 37.3 Å². The molecule has 0 radical (unpaired) electrons. The van der Waals surface area contributed by atoms with Gasteiger partial charge in [0.15, 0.2) is 0 Å². The Kier molecular flexibility index (Phi) is 6.95. The van der Waals surface area contributed by atoms with Gasteiger partial charge >= 0.3 is 0 Å². The van der Waals surface area contributed by atoms with Crippen molar-refractivity contribution < 1.29 is 9.53 Å². The molecule has 0 bridgehead atoms. The minimum absolute atomic E-state index is 0.118. The van der Waals surface area contributed by atoms with Crippen molar-refractivity contribution in [3.8, 4) is 0 Å². The Morgan fingerprint density at radius 1 is 1.21 bits per heavy atom. The maximum Gasteiger partial charge on any atom is 0.261 e. The fourth-order valence-electron chi connectivity index (χ4n) is 2.88. The van der Waals surface area contributed by atoms with Gasteiger partial charge in [0.25, 0.3) is 5.56 Å². The molecule has 0 aliphatic carbocycles. The monoisotopic (exact) mass is 443 g/mol. The lowest BCUT2D eigenvalue weighted by Crippen LogP contribution is -2.27. The summed E-state index contributed by atoms with van der Waals surface area (Å²) in [7, 11) is 0. The molecule has 1 aromatic heterocycles. The zero-order valence-electron chi connectivity index (χ0n) is 15.7. The van der Waals surface area contributed by atoms with E-state index in [4.69, 9.17) is 4.74 Å². The third-order valence-electron chi connectivity index (χ3n) is 4.42. The van der Waals surface area contributed by atoms with Crippen molar-refractivity contribution in [1.82, 2.24) is 14.9 Å². The van der Waals surface area contributed by atoms with E-state index in [1.165, 1.54) is 10.9 Å². The highest BCUT2D eigenvalue weighted by Crippen LogP contribution is 2.15. The number of carbonyl (C=O) groups excluding carboxylic acids is 1. The molecule has 6 nitrogen and oxygen atoms in total. The van der Waals surface area contributed by atoms with Gasteiger partial charge in [0.1, 0.15) is 0 Å². The second-order valence-corrected chi connectivity index (χ2v) is 7.25. The largest absolute Gasteiger partial charge is 0.377 e. The van der Waals surface area contributed by atoms with Gasteiger partial charge in [-0.2, -0.15) is 0 Å². The summed E-state index contributed by atoms with van der Waals surface area (Å²) in [6, 6.07) is 13.2. The minimum atomic E-state index is -0.152. The number of carbonyl (C=O) groups is 1. The fourth-order valence-corrected chi connectivity index (χ4v) is 3.24. The molecule has 0 fully saturated rings. The van der Waals surface area contributed by atoms with E-state index in [1.54, 1.807) is 12.1 Å². The first-order chi connectivity index (χ1) is 13.6. The summed E-state index contributed by atoms with van der Waals surface area (Å²) >= 11 is 3.37. The van der Waals surface area contributed by atoms with Crippen LogP contribution in [0.4, 0.5) is 0 Å². The van der Waals surface area contributed by atoms with Crippen molar-refractivity contribution in [3.63, 3.8) is 0 Å². The van der Waals surface area contributed by atoms with E-state index in [9.17, 15) is 9.59 Å². The molecular weight excluding hydrogens is 422 g/mol. The number of amides is 1. The van der Waals surface area contributed by atoms with Gasteiger partial charge in [-0.25, -0.2) is 4.98 Å². The van der Waals surface area contributed by atoms with Gasteiger partial charge in [0, 0.05) is 30.6 Å². The van der Waals surface area contributed by atoms with Crippen LogP contribution in [0.25, 0.3) is 10.9 Å². The van der Waals surface area contributed by atoms with Crippen LogP contribution in [0.3, 0.4) is 0 Å². The molecule has 0 aliphatic heterocycles. The molecule has 1 heterocycles. The Labute approximate surface area is 171 Å². The predicted molar refractivity (Wildman–Crippen MR) is 112 cm³/mol. The summed E-state index contributed by atoms with van der Waals surface area (Å²) in [5.74, 6) is -0.118. The number of fused-ring (bicyclic) bond motifs is 1. The molecule has 0 unspecified atom stereocenters. The molecule has 28 heavy (non-hydrogen) atoms. The van der Waals surface area contributed by atoms with Crippen LogP contribution < -0.4 is 10.9 Å². The van der Waals surface area contributed by atoms with Gasteiger partial charge in [-0.1, -0.05) is 40.2 Å². The molecule has 0 saturated heterocycles. The Morgan fingerprint density at radius 2 is 2.00 bits per heavy atom. The maximum absolute atomic E-state index is 12.6. The number of ether oxygens (including phenoxy) is 1. The normalized spacial score (nSPS) is 10.9. The second kappa shape index (κ2) is 9.61. The summed E-state index contributed by atoms with van der Waals surface area (Å²) in [5.41, 5.74) is 2.57. The lowest BCUT2D eigenvalue weighted by molar-refractivity contribution is -0.121. The van der Waals surface area contributed by atoms with E-state index < -0.39 is 0 Å². The van der Waals surface area contributed by atoms with E-state index in [-0.39, 0.29) is 24.4 Å². The van der Waals surface area contributed by atoms with Crippen molar-refractivity contribution >= 4 is 32.7 Å². The van der Waals surface area contributed by atoms with Crippen LogP contribution >= 0.6 is 15.9 Å². The van der Waals surface area contributed by atoms with Crippen LogP contribution in [0.2, 0.25) is 0 Å². The Hall–Kier alpha value is -2.51. The van der Waals surface area contributed by atoms with Crippen molar-refractivity contribution in [2.24, 2.45) is 0 Å². The highest BCUT2D eigenvalue weighted by atomic mass is 79.9. The van der Waals surface area contributed by atoms with Gasteiger partial charge < -0.3 is 10.1 Å². The third-order valence-corrected chi connectivity index (χ3v) is 4.92. The quantitative estimate of drug-likeness (QED) is 0.578. The number of rotatable bonds is 8. The first-order valence-electron chi connectivity index (χ1n) is 9.14. The summed E-state index contributed by atoms with van der Waals surface area (Å²) in [6.45, 7) is 3.83. The molecule has 2 aromatic carbocycles. The molecule has 3 rings (SSSR count). The van der Waals surface area contributed by atoms with Gasteiger partial charge in [-0.05, 0) is 36.2 Å². The molecule has 0 saturated carbocycles. The number of nitrogens with zero attached hydrogens (tertiary/aromatic N) is 2. The summed E-state index contributed by atoms with van der Waals surface area (Å²) in [4.78, 5) is 29.1. The summed E-state index contributed by atoms with van der Waals surface area (Å²) < 4.78 is 7.76. The molecule has 7 heteroatoms. The molecule has 1 N–H and O–H groups in total. The van der Waals surface area contributed by atoms with Crippen molar-refractivity contribution in [2.45, 2.75) is 33.0 Å². The third kappa shape index (κ3) is 5.05. The maximum atomic E-state index is 12.6. The SMILES string of the molecule is CCOCc1ccccc1CNC(=O)CCn1cnc2ccc(Br)cc2c1=O. The van der Waals surface area contributed by atoms with Gasteiger partial charge in [-0.3, -0.25) is 14.2 Å². The molecule has 1 amide bonds. The number of halogens is 1. The standard InChI is InChI=1S/C21H22BrN3O3/c1-2-28-13-16-6-4-3-5-15(16)12-23-20(26)9-10-25-14-24-19-8-7-17(22)11-18(19)21(25)27/h3-8,11,14H,2,9-10,12-13H2,1H3,(H,23,26). The average Bonchev–Trinajstić information content (AvgIpc) is 2.71. The first kappa shape index (κ1) is 20.2. The molecule has 0 spiro atoms. The Balaban J connectivity index is 1.60. The number of hydrogen-bond acceptors (Lipinski definition) is 4. The highest BCUT2D eigenvalue weighted by Gasteiger charge is 2.08. The topological polar surface area (TPSA) is 73.2 Å². The lowest BCUT2D eigenvalue weighted by Gasteiger charge is -2.11. The second-order valence-electron chi connectivity index (χ2n) is 6.34. The van der Waals surface area contributed by atoms with Crippen LogP contribution in [-0.2, 0) is 29.2 Å². The molecular formula is C21H22BrN3O3. The first-order valence-corrected chi connectivity index (χ1v) is 9.93. The van der Waals surface area contributed by atoms with E-state index >= 15 is 0 Å². The zero-order chi connectivity index (χ0) is 19.9. The average molecular weight is 444 g/mol.